The Morgan fingerprint density at radius 3 is 2.44 bits per heavy atom. The van der Waals surface area contributed by atoms with Crippen LogP contribution in [-0.4, -0.2) is 15.6 Å². The third-order valence-electron chi connectivity index (χ3n) is 6.86. The zero-order valence-electron chi connectivity index (χ0n) is 18.7. The molecule has 1 saturated carbocycles. The maximum absolute atomic E-state index is 15.2. The number of hydrogen-bond donors (Lipinski definition) is 1. The van der Waals surface area contributed by atoms with Gasteiger partial charge in [-0.3, -0.25) is 5.14 Å². The molecule has 0 saturated heterocycles. The van der Waals surface area contributed by atoms with E-state index in [-0.39, 0.29) is 22.2 Å². The SMILES string of the molecule is CC(C)(C[C@H](c1c(F)ccc(Cl)c1Cl)C1(CCOCc2ccccc2)CCCC1)S(N)=O. The summed E-state index contributed by atoms with van der Waals surface area (Å²) in [7, 11) is -1.57. The van der Waals surface area contributed by atoms with Gasteiger partial charge in [0, 0.05) is 12.2 Å². The summed E-state index contributed by atoms with van der Waals surface area (Å²) in [5.41, 5.74) is 1.32. The molecule has 0 spiro atoms. The van der Waals surface area contributed by atoms with E-state index < -0.39 is 15.7 Å². The third kappa shape index (κ3) is 5.92. The summed E-state index contributed by atoms with van der Waals surface area (Å²) in [4.78, 5) is 0. The van der Waals surface area contributed by atoms with Gasteiger partial charge in [0.25, 0.3) is 0 Å². The Balaban J connectivity index is 1.91. The van der Waals surface area contributed by atoms with Crippen molar-refractivity contribution in [2.75, 3.05) is 6.61 Å². The van der Waals surface area contributed by atoms with Crippen LogP contribution in [0.5, 0.6) is 0 Å². The first-order chi connectivity index (χ1) is 15.2. The fourth-order valence-corrected chi connectivity index (χ4v) is 5.73. The number of halogens is 3. The number of nitrogens with two attached hydrogens (primary N) is 1. The largest absolute Gasteiger partial charge is 0.377 e. The lowest BCUT2D eigenvalue weighted by Crippen LogP contribution is -2.39. The highest BCUT2D eigenvalue weighted by Gasteiger charge is 2.46. The Morgan fingerprint density at radius 1 is 1.16 bits per heavy atom. The van der Waals surface area contributed by atoms with Gasteiger partial charge < -0.3 is 4.74 Å². The molecule has 0 aliphatic heterocycles. The molecule has 32 heavy (non-hydrogen) atoms. The number of benzene rings is 2. The van der Waals surface area contributed by atoms with Crippen molar-refractivity contribution in [1.29, 1.82) is 0 Å². The topological polar surface area (TPSA) is 52.3 Å². The van der Waals surface area contributed by atoms with Crippen molar-refractivity contribution in [3.05, 3.63) is 69.5 Å². The summed E-state index contributed by atoms with van der Waals surface area (Å²) < 4.78 is 32.8. The van der Waals surface area contributed by atoms with Crippen LogP contribution in [0.25, 0.3) is 0 Å². The molecule has 2 N–H and O–H groups in total. The van der Waals surface area contributed by atoms with Gasteiger partial charge >= 0.3 is 0 Å². The summed E-state index contributed by atoms with van der Waals surface area (Å²) >= 11 is 12.9. The smallest absolute Gasteiger partial charge is 0.128 e. The molecule has 0 amide bonds. The van der Waals surface area contributed by atoms with Crippen LogP contribution < -0.4 is 5.14 Å². The molecule has 0 heterocycles. The van der Waals surface area contributed by atoms with Crippen molar-refractivity contribution in [3.63, 3.8) is 0 Å². The van der Waals surface area contributed by atoms with Crippen molar-refractivity contribution in [1.82, 2.24) is 0 Å². The van der Waals surface area contributed by atoms with E-state index in [1.807, 2.05) is 44.2 Å². The first kappa shape index (κ1) is 25.6. The molecule has 2 aromatic carbocycles. The second-order valence-electron chi connectivity index (χ2n) is 9.43. The van der Waals surface area contributed by atoms with Gasteiger partial charge in [-0.2, -0.15) is 0 Å². The third-order valence-corrected chi connectivity index (χ3v) is 8.94. The summed E-state index contributed by atoms with van der Waals surface area (Å²) in [5.74, 6) is -0.640. The maximum atomic E-state index is 15.2. The molecule has 0 aromatic heterocycles. The van der Waals surface area contributed by atoms with Crippen LogP contribution in [0.3, 0.4) is 0 Å². The molecule has 0 radical (unpaired) electrons. The Bertz CT molecular complexity index is 933. The lowest BCUT2D eigenvalue weighted by molar-refractivity contribution is 0.0689. The Morgan fingerprint density at radius 2 is 1.81 bits per heavy atom. The van der Waals surface area contributed by atoms with E-state index in [1.165, 1.54) is 12.1 Å². The van der Waals surface area contributed by atoms with Crippen LogP contribution in [0.1, 0.15) is 69.4 Å². The van der Waals surface area contributed by atoms with E-state index in [2.05, 4.69) is 0 Å². The zero-order chi connectivity index (χ0) is 23.4. The van der Waals surface area contributed by atoms with Gasteiger partial charge in [-0.25, -0.2) is 8.60 Å². The van der Waals surface area contributed by atoms with Crippen molar-refractivity contribution >= 4 is 34.2 Å². The van der Waals surface area contributed by atoms with Crippen molar-refractivity contribution in [2.24, 2.45) is 10.6 Å². The monoisotopic (exact) mass is 499 g/mol. The average Bonchev–Trinajstić information content (AvgIpc) is 3.24. The van der Waals surface area contributed by atoms with Crippen molar-refractivity contribution in [2.45, 2.75) is 69.6 Å². The molecular formula is C25H32Cl2FNO2S. The maximum Gasteiger partial charge on any atom is 0.128 e. The summed E-state index contributed by atoms with van der Waals surface area (Å²) in [5, 5.41) is 6.39. The Kier molecular flexibility index (Phi) is 8.78. The Hall–Kier alpha value is -0.980. The molecular weight excluding hydrogens is 468 g/mol. The standard InChI is InChI=1S/C25H32Cl2FNO2S/c1-24(2,32(29)30)16-19(22-21(28)11-10-20(26)23(22)27)25(12-6-7-13-25)14-15-31-17-18-8-4-3-5-9-18/h3-5,8-11,19H,6-7,12-17,29H2,1-2H3/t19-,32?/m1/s1. The molecule has 2 aromatic rings. The van der Waals surface area contributed by atoms with E-state index >= 15 is 4.39 Å². The predicted molar refractivity (Wildman–Crippen MR) is 132 cm³/mol. The lowest BCUT2D eigenvalue weighted by atomic mass is 9.65. The minimum absolute atomic E-state index is 0.220. The summed E-state index contributed by atoms with van der Waals surface area (Å²) in [6, 6.07) is 12.9. The number of ether oxygens (including phenoxy) is 1. The molecule has 1 unspecified atom stereocenters. The average molecular weight is 501 g/mol. The van der Waals surface area contributed by atoms with Gasteiger partial charge in [0.1, 0.15) is 5.82 Å². The van der Waals surface area contributed by atoms with Gasteiger partial charge in [0.15, 0.2) is 0 Å². The van der Waals surface area contributed by atoms with Crippen LogP contribution in [0.15, 0.2) is 42.5 Å². The fourth-order valence-electron chi connectivity index (χ4n) is 4.95. The second kappa shape index (κ2) is 11.0. The highest BCUT2D eigenvalue weighted by atomic mass is 35.5. The molecule has 0 bridgehead atoms. The number of rotatable bonds is 10. The van der Waals surface area contributed by atoms with Crippen LogP contribution >= 0.6 is 23.2 Å². The van der Waals surface area contributed by atoms with E-state index in [4.69, 9.17) is 33.1 Å². The summed E-state index contributed by atoms with van der Waals surface area (Å²) in [6.07, 6.45) is 5.19. The van der Waals surface area contributed by atoms with Gasteiger partial charge in [0.2, 0.25) is 0 Å². The molecule has 3 nitrogen and oxygen atoms in total. The van der Waals surface area contributed by atoms with Crippen LogP contribution in [0.4, 0.5) is 4.39 Å². The quantitative estimate of drug-likeness (QED) is 0.278. The van der Waals surface area contributed by atoms with E-state index in [0.717, 1.165) is 37.7 Å². The molecule has 1 aliphatic carbocycles. The number of hydrogen-bond acceptors (Lipinski definition) is 2. The van der Waals surface area contributed by atoms with Crippen LogP contribution in [-0.2, 0) is 22.3 Å². The van der Waals surface area contributed by atoms with Gasteiger partial charge in [-0.05, 0) is 68.6 Å². The van der Waals surface area contributed by atoms with Crippen LogP contribution in [0, 0.1) is 11.2 Å². The van der Waals surface area contributed by atoms with Gasteiger partial charge in [-0.1, -0.05) is 66.4 Å². The predicted octanol–water partition coefficient (Wildman–Crippen LogP) is 7.17. The first-order valence-electron chi connectivity index (χ1n) is 11.1. The molecule has 176 valence electrons. The van der Waals surface area contributed by atoms with E-state index in [0.29, 0.717) is 30.2 Å². The zero-order valence-corrected chi connectivity index (χ0v) is 21.0. The molecule has 7 heteroatoms. The van der Waals surface area contributed by atoms with Crippen molar-refractivity contribution in [3.8, 4) is 0 Å². The minimum Gasteiger partial charge on any atom is -0.377 e. The highest BCUT2D eigenvalue weighted by molar-refractivity contribution is 7.84. The molecule has 1 fully saturated rings. The summed E-state index contributed by atoms with van der Waals surface area (Å²) in [6.45, 7) is 4.81. The van der Waals surface area contributed by atoms with Gasteiger partial charge in [0.05, 0.1) is 32.4 Å². The van der Waals surface area contributed by atoms with Crippen molar-refractivity contribution < 1.29 is 13.3 Å². The van der Waals surface area contributed by atoms with E-state index in [9.17, 15) is 4.21 Å². The fraction of sp³-hybridized carbons (Fsp3) is 0.520. The second-order valence-corrected chi connectivity index (χ2v) is 11.9. The van der Waals surface area contributed by atoms with Gasteiger partial charge in [-0.15, -0.1) is 0 Å². The minimum atomic E-state index is -1.57. The molecule has 2 atom stereocenters. The first-order valence-corrected chi connectivity index (χ1v) is 13.0. The van der Waals surface area contributed by atoms with E-state index in [1.54, 1.807) is 0 Å². The van der Waals surface area contributed by atoms with Crippen LogP contribution in [0.2, 0.25) is 10.0 Å². The Labute approximate surface area is 203 Å². The molecule has 1 aliphatic rings. The lowest BCUT2D eigenvalue weighted by Gasteiger charge is -2.42. The normalized spacial score (nSPS) is 17.9. The highest BCUT2D eigenvalue weighted by Crippen LogP contribution is 2.56. The molecule has 3 rings (SSSR count).